The number of carbonyl (C=O) groups is 3. The molecule has 3 amide bonds. The summed E-state index contributed by atoms with van der Waals surface area (Å²) in [5.74, 6) is 0.718. The average Bonchev–Trinajstić information content (AvgIpc) is 3.42. The Kier molecular flexibility index (Phi) is 9.10. The topological polar surface area (TPSA) is 127 Å². The fourth-order valence-corrected chi connectivity index (χ4v) is 5.32. The summed E-state index contributed by atoms with van der Waals surface area (Å²) < 4.78 is 11.5. The minimum Gasteiger partial charge on any atom is -0.486 e. The van der Waals surface area contributed by atoms with Crippen molar-refractivity contribution in [1.29, 1.82) is 0 Å². The number of halogens is 1. The monoisotopic (exact) mass is 617 g/mol. The van der Waals surface area contributed by atoms with Crippen LogP contribution >= 0.6 is 11.6 Å². The molecule has 3 heterocycles. The van der Waals surface area contributed by atoms with E-state index in [2.05, 4.69) is 10.3 Å². The van der Waals surface area contributed by atoms with E-state index in [0.29, 0.717) is 61.3 Å². The lowest BCUT2D eigenvalue weighted by molar-refractivity contribution is -0.116. The molecule has 1 aromatic heterocycles. The van der Waals surface area contributed by atoms with Crippen LogP contribution in [0.4, 0.5) is 10.6 Å². The highest BCUT2D eigenvalue weighted by atomic mass is 35.5. The van der Waals surface area contributed by atoms with E-state index in [1.54, 1.807) is 34.2 Å². The molecule has 1 atom stereocenters. The number of benzene rings is 2. The summed E-state index contributed by atoms with van der Waals surface area (Å²) in [5, 5.41) is 3.36. The fraction of sp³-hybridized carbons (Fsp3) is 0.333. The molecule has 0 aliphatic carbocycles. The molecule has 0 radical (unpaired) electrons. The van der Waals surface area contributed by atoms with Crippen molar-refractivity contribution in [2.75, 3.05) is 38.5 Å². The van der Waals surface area contributed by atoms with Crippen molar-refractivity contribution < 1.29 is 23.9 Å². The van der Waals surface area contributed by atoms with E-state index in [1.807, 2.05) is 57.2 Å². The molecule has 3 aromatic rings. The van der Waals surface area contributed by atoms with Gasteiger partial charge in [0, 0.05) is 56.0 Å². The highest BCUT2D eigenvalue weighted by molar-refractivity contribution is 6.32. The molecule has 0 bridgehead atoms. The SMILES string of the molecule is CC(C)(C)OC(=O)N1CCN(C(=O)c2ccc(-c3cc(Cl)c4c(c3)CC(CNC(=O)/C=C/c3ccc(N)nc3)O4)cc2)CC1. The van der Waals surface area contributed by atoms with Crippen LogP contribution in [-0.4, -0.2) is 77.1 Å². The first-order valence-corrected chi connectivity index (χ1v) is 14.9. The smallest absolute Gasteiger partial charge is 0.410 e. The van der Waals surface area contributed by atoms with Crippen molar-refractivity contribution in [3.8, 4) is 16.9 Å². The van der Waals surface area contributed by atoms with Gasteiger partial charge in [-0.05, 0) is 79.9 Å². The summed E-state index contributed by atoms with van der Waals surface area (Å²) >= 11 is 6.60. The van der Waals surface area contributed by atoms with Gasteiger partial charge in [0.15, 0.2) is 0 Å². The Bertz CT molecular complexity index is 1560. The van der Waals surface area contributed by atoms with Crippen molar-refractivity contribution in [1.82, 2.24) is 20.1 Å². The van der Waals surface area contributed by atoms with Crippen LogP contribution in [0.5, 0.6) is 5.75 Å². The molecule has 44 heavy (non-hydrogen) atoms. The van der Waals surface area contributed by atoms with Gasteiger partial charge < -0.3 is 30.3 Å². The molecular formula is C33H36ClN5O5. The summed E-state index contributed by atoms with van der Waals surface area (Å²) in [6, 6.07) is 14.7. The van der Waals surface area contributed by atoms with Gasteiger partial charge in [0.2, 0.25) is 5.91 Å². The van der Waals surface area contributed by atoms with Crippen LogP contribution < -0.4 is 15.8 Å². The Morgan fingerprint density at radius 3 is 2.41 bits per heavy atom. The number of nitrogens with zero attached hydrogens (tertiary/aromatic N) is 3. The van der Waals surface area contributed by atoms with E-state index >= 15 is 0 Å². The Morgan fingerprint density at radius 1 is 1.05 bits per heavy atom. The minimum atomic E-state index is -0.559. The predicted octanol–water partition coefficient (Wildman–Crippen LogP) is 4.81. The van der Waals surface area contributed by atoms with Gasteiger partial charge in [0.05, 0.1) is 11.6 Å². The number of amides is 3. The molecule has 5 rings (SSSR count). The van der Waals surface area contributed by atoms with Crippen LogP contribution in [0.25, 0.3) is 17.2 Å². The largest absolute Gasteiger partial charge is 0.486 e. The maximum absolute atomic E-state index is 13.1. The second-order valence-corrected chi connectivity index (χ2v) is 12.2. The van der Waals surface area contributed by atoms with Crippen molar-refractivity contribution in [3.63, 3.8) is 0 Å². The van der Waals surface area contributed by atoms with E-state index in [-0.39, 0.29) is 24.0 Å². The highest BCUT2D eigenvalue weighted by Crippen LogP contribution is 2.39. The number of anilines is 1. The Hall–Kier alpha value is -4.57. The van der Waals surface area contributed by atoms with E-state index in [1.165, 1.54) is 6.08 Å². The number of piperazine rings is 1. The second-order valence-electron chi connectivity index (χ2n) is 11.8. The molecule has 0 saturated carbocycles. The van der Waals surface area contributed by atoms with Gasteiger partial charge in [-0.2, -0.15) is 0 Å². The van der Waals surface area contributed by atoms with Gasteiger partial charge in [-0.3, -0.25) is 9.59 Å². The lowest BCUT2D eigenvalue weighted by atomic mass is 9.99. The standard InChI is InChI=1S/C33H36ClN5O5/c1-33(2,3)44-32(42)39-14-12-38(13-15-39)31(41)23-8-6-22(7-9-23)24-16-25-17-26(43-30(25)27(34)18-24)20-37-29(40)11-5-21-4-10-28(35)36-19-21/h4-11,16,18-19,26H,12-15,17,20H2,1-3H3,(H2,35,36)(H,37,40)/b11-5+. The Morgan fingerprint density at radius 2 is 1.75 bits per heavy atom. The zero-order valence-corrected chi connectivity index (χ0v) is 25.8. The molecule has 2 aromatic carbocycles. The molecule has 3 N–H and O–H groups in total. The van der Waals surface area contributed by atoms with Gasteiger partial charge in [-0.25, -0.2) is 9.78 Å². The number of hydrogen-bond acceptors (Lipinski definition) is 7. The lowest BCUT2D eigenvalue weighted by Gasteiger charge is -2.35. The number of ether oxygens (including phenoxy) is 2. The third kappa shape index (κ3) is 7.68. The third-order valence-electron chi connectivity index (χ3n) is 7.28. The Balaban J connectivity index is 1.15. The van der Waals surface area contributed by atoms with Crippen molar-refractivity contribution in [2.45, 2.75) is 38.9 Å². The summed E-state index contributed by atoms with van der Waals surface area (Å²) in [4.78, 5) is 45.2. The lowest BCUT2D eigenvalue weighted by Crippen LogP contribution is -2.51. The van der Waals surface area contributed by atoms with E-state index < -0.39 is 5.60 Å². The molecule has 1 saturated heterocycles. The maximum atomic E-state index is 13.1. The first kappa shape index (κ1) is 30.9. The number of carbonyl (C=O) groups excluding carboxylic acids is 3. The van der Waals surface area contributed by atoms with Crippen LogP contribution in [0.1, 0.15) is 42.3 Å². The van der Waals surface area contributed by atoms with E-state index in [9.17, 15) is 14.4 Å². The predicted molar refractivity (Wildman–Crippen MR) is 169 cm³/mol. The number of rotatable bonds is 6. The van der Waals surface area contributed by atoms with Crippen molar-refractivity contribution in [3.05, 3.63) is 82.5 Å². The average molecular weight is 618 g/mol. The number of nitrogens with two attached hydrogens (primary N) is 1. The molecule has 230 valence electrons. The first-order chi connectivity index (χ1) is 20.9. The molecule has 2 aliphatic heterocycles. The summed E-state index contributed by atoms with van der Waals surface area (Å²) in [5.41, 5.74) is 9.16. The Labute approximate surface area is 261 Å². The number of aromatic nitrogens is 1. The zero-order chi connectivity index (χ0) is 31.4. The molecule has 1 unspecified atom stereocenters. The highest BCUT2D eigenvalue weighted by Gasteiger charge is 2.29. The maximum Gasteiger partial charge on any atom is 0.410 e. The number of hydrogen-bond donors (Lipinski definition) is 2. The second kappa shape index (κ2) is 13.0. The number of pyridine rings is 1. The molecular weight excluding hydrogens is 582 g/mol. The van der Waals surface area contributed by atoms with Gasteiger partial charge in [-0.1, -0.05) is 23.7 Å². The van der Waals surface area contributed by atoms with Crippen molar-refractivity contribution in [2.24, 2.45) is 0 Å². The number of nitrogens with one attached hydrogen (secondary N) is 1. The summed E-state index contributed by atoms with van der Waals surface area (Å²) in [6.45, 7) is 7.57. The van der Waals surface area contributed by atoms with Gasteiger partial charge in [-0.15, -0.1) is 0 Å². The van der Waals surface area contributed by atoms with Crippen LogP contribution in [0, 0.1) is 0 Å². The molecule has 0 spiro atoms. The van der Waals surface area contributed by atoms with Crippen molar-refractivity contribution >= 4 is 41.4 Å². The van der Waals surface area contributed by atoms with Gasteiger partial charge in [0.25, 0.3) is 5.91 Å². The summed E-state index contributed by atoms with van der Waals surface area (Å²) in [7, 11) is 0. The van der Waals surface area contributed by atoms with E-state index in [0.717, 1.165) is 22.3 Å². The fourth-order valence-electron chi connectivity index (χ4n) is 5.04. The minimum absolute atomic E-state index is 0.0781. The molecule has 2 aliphatic rings. The number of fused-ring (bicyclic) bond motifs is 1. The van der Waals surface area contributed by atoms with Crippen LogP contribution in [0.3, 0.4) is 0 Å². The normalized spacial score (nSPS) is 16.4. The molecule has 10 nitrogen and oxygen atoms in total. The number of nitrogen functional groups attached to an aromatic ring is 1. The van der Waals surface area contributed by atoms with Gasteiger partial charge in [0.1, 0.15) is 23.3 Å². The molecule has 1 fully saturated rings. The van der Waals surface area contributed by atoms with E-state index in [4.69, 9.17) is 26.8 Å². The zero-order valence-electron chi connectivity index (χ0n) is 25.0. The van der Waals surface area contributed by atoms with Crippen LogP contribution in [-0.2, 0) is 16.0 Å². The van der Waals surface area contributed by atoms with Gasteiger partial charge >= 0.3 is 6.09 Å². The van der Waals surface area contributed by atoms with Crippen LogP contribution in [0.2, 0.25) is 5.02 Å². The summed E-state index contributed by atoms with van der Waals surface area (Å²) in [6.07, 6.45) is 4.70. The quantitative estimate of drug-likeness (QED) is 0.380. The first-order valence-electron chi connectivity index (χ1n) is 14.5. The molecule has 11 heteroatoms. The van der Waals surface area contributed by atoms with Crippen LogP contribution in [0.15, 0.2) is 60.8 Å². The third-order valence-corrected chi connectivity index (χ3v) is 7.56.